The molecule has 0 saturated carbocycles. The van der Waals surface area contributed by atoms with Gasteiger partial charge in [-0.25, -0.2) is 0 Å². The normalized spacial score (nSPS) is 29.0. The van der Waals surface area contributed by atoms with Gasteiger partial charge in [0.25, 0.3) is 0 Å². The number of aryl methyl sites for hydroxylation is 1. The standard InChI is InChI=1S/C19H32N2O2S/c1-15(2)20(4)10-17-9-19(23-12-17)13-21(7-8-22-14-19)11-18-6-5-16(3)24-18/h5-6,15,17H,7-14H2,1-4H3/t17-,19-/m0/s1. The quantitative estimate of drug-likeness (QED) is 0.813. The Morgan fingerprint density at radius 1 is 1.42 bits per heavy atom. The predicted molar refractivity (Wildman–Crippen MR) is 99.7 cm³/mol. The van der Waals surface area contributed by atoms with Gasteiger partial charge in [0.15, 0.2) is 0 Å². The highest BCUT2D eigenvalue weighted by molar-refractivity contribution is 7.11. The van der Waals surface area contributed by atoms with Crippen molar-refractivity contribution in [1.29, 1.82) is 0 Å². The summed E-state index contributed by atoms with van der Waals surface area (Å²) in [5.74, 6) is 0.616. The molecule has 0 unspecified atom stereocenters. The Labute approximate surface area is 150 Å². The van der Waals surface area contributed by atoms with Gasteiger partial charge < -0.3 is 14.4 Å². The van der Waals surface area contributed by atoms with E-state index in [0.29, 0.717) is 12.0 Å². The summed E-state index contributed by atoms with van der Waals surface area (Å²) >= 11 is 1.90. The fourth-order valence-corrected chi connectivity index (χ4v) is 4.73. The average Bonchev–Trinajstić information content (AvgIpc) is 3.04. The summed E-state index contributed by atoms with van der Waals surface area (Å²) in [5.41, 5.74) is -0.106. The number of rotatable bonds is 5. The first-order valence-corrected chi connectivity index (χ1v) is 9.97. The molecule has 2 fully saturated rings. The van der Waals surface area contributed by atoms with E-state index in [-0.39, 0.29) is 5.60 Å². The Morgan fingerprint density at radius 2 is 2.25 bits per heavy atom. The number of ether oxygens (including phenoxy) is 2. The molecule has 0 radical (unpaired) electrons. The van der Waals surface area contributed by atoms with Gasteiger partial charge in [-0.1, -0.05) is 0 Å². The molecule has 0 N–H and O–H groups in total. The van der Waals surface area contributed by atoms with E-state index in [1.165, 1.54) is 9.75 Å². The van der Waals surface area contributed by atoms with Crippen LogP contribution in [0.2, 0.25) is 0 Å². The molecule has 5 heteroatoms. The van der Waals surface area contributed by atoms with E-state index in [1.54, 1.807) is 0 Å². The van der Waals surface area contributed by atoms with Crippen LogP contribution < -0.4 is 0 Å². The number of thiophene rings is 1. The molecule has 1 aromatic rings. The first-order valence-electron chi connectivity index (χ1n) is 9.15. The lowest BCUT2D eigenvalue weighted by Crippen LogP contribution is -2.44. The zero-order valence-electron chi connectivity index (χ0n) is 15.6. The lowest BCUT2D eigenvalue weighted by Gasteiger charge is -2.31. The molecule has 0 aliphatic carbocycles. The minimum atomic E-state index is -0.106. The molecular weight excluding hydrogens is 320 g/mol. The van der Waals surface area contributed by atoms with Gasteiger partial charge in [0.2, 0.25) is 0 Å². The van der Waals surface area contributed by atoms with Crippen molar-refractivity contribution in [3.8, 4) is 0 Å². The van der Waals surface area contributed by atoms with E-state index >= 15 is 0 Å². The van der Waals surface area contributed by atoms with Crippen LogP contribution in [0.5, 0.6) is 0 Å². The molecule has 2 aliphatic rings. The van der Waals surface area contributed by atoms with Crippen LogP contribution in [-0.4, -0.2) is 67.9 Å². The van der Waals surface area contributed by atoms with Gasteiger partial charge in [0.1, 0.15) is 5.60 Å². The second-order valence-electron chi connectivity index (χ2n) is 7.87. The van der Waals surface area contributed by atoms with Gasteiger partial charge in [-0.3, -0.25) is 4.90 Å². The Morgan fingerprint density at radius 3 is 2.96 bits per heavy atom. The molecule has 136 valence electrons. The van der Waals surface area contributed by atoms with Crippen molar-refractivity contribution >= 4 is 11.3 Å². The van der Waals surface area contributed by atoms with Crippen molar-refractivity contribution in [3.63, 3.8) is 0 Å². The Hall–Kier alpha value is -0.460. The molecule has 0 aromatic carbocycles. The van der Waals surface area contributed by atoms with Crippen LogP contribution in [0.25, 0.3) is 0 Å². The first-order chi connectivity index (χ1) is 11.5. The molecule has 24 heavy (non-hydrogen) atoms. The molecule has 2 saturated heterocycles. The zero-order chi connectivity index (χ0) is 17.2. The maximum absolute atomic E-state index is 6.34. The van der Waals surface area contributed by atoms with E-state index < -0.39 is 0 Å². The third-order valence-corrected chi connectivity index (χ3v) is 6.30. The first kappa shape index (κ1) is 18.3. The highest BCUT2D eigenvalue weighted by Crippen LogP contribution is 2.34. The average molecular weight is 353 g/mol. The van der Waals surface area contributed by atoms with Crippen molar-refractivity contribution in [2.45, 2.75) is 45.4 Å². The van der Waals surface area contributed by atoms with Crippen LogP contribution >= 0.6 is 11.3 Å². The summed E-state index contributed by atoms with van der Waals surface area (Å²) in [4.78, 5) is 7.78. The highest BCUT2D eigenvalue weighted by Gasteiger charge is 2.43. The topological polar surface area (TPSA) is 24.9 Å². The molecule has 0 bridgehead atoms. The third-order valence-electron chi connectivity index (χ3n) is 5.32. The minimum absolute atomic E-state index is 0.106. The fraction of sp³-hybridized carbons (Fsp3) is 0.789. The molecule has 0 amide bonds. The van der Waals surface area contributed by atoms with Crippen LogP contribution in [0.1, 0.15) is 30.0 Å². The summed E-state index contributed by atoms with van der Waals surface area (Å²) < 4.78 is 12.3. The Balaban J connectivity index is 1.60. The molecule has 1 spiro atoms. The van der Waals surface area contributed by atoms with Crippen LogP contribution in [0.15, 0.2) is 12.1 Å². The van der Waals surface area contributed by atoms with Gasteiger partial charge in [-0.2, -0.15) is 0 Å². The summed E-state index contributed by atoms with van der Waals surface area (Å²) in [6.45, 7) is 13.2. The largest absolute Gasteiger partial charge is 0.377 e. The van der Waals surface area contributed by atoms with Crippen molar-refractivity contribution < 1.29 is 9.47 Å². The predicted octanol–water partition coefficient (Wildman–Crippen LogP) is 3.00. The summed E-state index contributed by atoms with van der Waals surface area (Å²) in [5, 5.41) is 0. The molecular formula is C19H32N2O2S. The summed E-state index contributed by atoms with van der Waals surface area (Å²) in [6, 6.07) is 5.06. The highest BCUT2D eigenvalue weighted by atomic mass is 32.1. The molecule has 1 aromatic heterocycles. The Kier molecular flexibility index (Phi) is 5.98. The van der Waals surface area contributed by atoms with E-state index in [4.69, 9.17) is 9.47 Å². The van der Waals surface area contributed by atoms with E-state index in [2.05, 4.69) is 49.8 Å². The van der Waals surface area contributed by atoms with Gasteiger partial charge in [0, 0.05) is 42.0 Å². The number of hydrogen-bond donors (Lipinski definition) is 0. The second kappa shape index (κ2) is 7.83. The number of hydrogen-bond acceptors (Lipinski definition) is 5. The maximum Gasteiger partial charge on any atom is 0.104 e. The van der Waals surface area contributed by atoms with Crippen molar-refractivity contribution in [2.75, 3.05) is 46.5 Å². The lowest BCUT2D eigenvalue weighted by atomic mass is 9.93. The molecule has 3 heterocycles. The van der Waals surface area contributed by atoms with Crippen molar-refractivity contribution in [2.24, 2.45) is 5.92 Å². The number of nitrogens with zero attached hydrogens (tertiary/aromatic N) is 2. The third kappa shape index (κ3) is 4.58. The SMILES string of the molecule is Cc1ccc(CN2CCOC[C@]3(C[C@@H](CN(C)C(C)C)CO3)C2)s1. The monoisotopic (exact) mass is 352 g/mol. The minimum Gasteiger partial charge on any atom is -0.377 e. The molecule has 2 aliphatic heterocycles. The van der Waals surface area contributed by atoms with E-state index in [1.807, 2.05) is 11.3 Å². The second-order valence-corrected chi connectivity index (χ2v) is 9.25. The van der Waals surface area contributed by atoms with E-state index in [0.717, 1.165) is 52.4 Å². The van der Waals surface area contributed by atoms with Gasteiger partial charge in [0.05, 0.1) is 19.8 Å². The fourth-order valence-electron chi connectivity index (χ4n) is 3.79. The maximum atomic E-state index is 6.34. The van der Waals surface area contributed by atoms with Crippen molar-refractivity contribution in [1.82, 2.24) is 9.80 Å². The van der Waals surface area contributed by atoms with Gasteiger partial charge in [-0.05, 0) is 52.3 Å². The van der Waals surface area contributed by atoms with Crippen LogP contribution in [0.3, 0.4) is 0 Å². The van der Waals surface area contributed by atoms with Crippen molar-refractivity contribution in [3.05, 3.63) is 21.9 Å². The van der Waals surface area contributed by atoms with Gasteiger partial charge >= 0.3 is 0 Å². The summed E-state index contributed by atoms with van der Waals surface area (Å²) in [6.07, 6.45) is 1.12. The van der Waals surface area contributed by atoms with E-state index in [9.17, 15) is 0 Å². The van der Waals surface area contributed by atoms with Crippen LogP contribution in [0, 0.1) is 12.8 Å². The molecule has 2 atom stereocenters. The zero-order valence-corrected chi connectivity index (χ0v) is 16.4. The smallest absolute Gasteiger partial charge is 0.104 e. The lowest BCUT2D eigenvalue weighted by molar-refractivity contribution is -0.0562. The summed E-state index contributed by atoms with van der Waals surface area (Å²) in [7, 11) is 2.21. The van der Waals surface area contributed by atoms with Crippen LogP contribution in [-0.2, 0) is 16.0 Å². The van der Waals surface area contributed by atoms with Gasteiger partial charge in [-0.15, -0.1) is 11.3 Å². The Bertz CT molecular complexity index is 533. The van der Waals surface area contributed by atoms with Crippen LogP contribution in [0.4, 0.5) is 0 Å². The molecule has 3 rings (SSSR count). The molecule has 4 nitrogen and oxygen atoms in total.